The van der Waals surface area contributed by atoms with Gasteiger partial charge in [-0.1, -0.05) is 35.0 Å². The van der Waals surface area contributed by atoms with Crippen LogP contribution in [0.2, 0.25) is 0 Å². The van der Waals surface area contributed by atoms with Crippen molar-refractivity contribution < 1.29 is 9.59 Å². The van der Waals surface area contributed by atoms with Crippen molar-refractivity contribution in [2.75, 3.05) is 19.6 Å². The molecule has 162 valence electrons. The molecule has 0 radical (unpaired) electrons. The number of rotatable bonds is 6. The lowest BCUT2D eigenvalue weighted by Gasteiger charge is -2.30. The maximum atomic E-state index is 13.0. The molecule has 2 aromatic carbocycles. The first kappa shape index (κ1) is 21.6. The van der Waals surface area contributed by atoms with Crippen LogP contribution in [0, 0.1) is 5.92 Å². The number of imidazole rings is 1. The zero-order valence-corrected chi connectivity index (χ0v) is 19.3. The second-order valence-electron chi connectivity index (χ2n) is 8.18. The number of piperidine rings is 1. The van der Waals surface area contributed by atoms with Gasteiger partial charge in [0.2, 0.25) is 5.91 Å². The fraction of sp³-hybridized carbons (Fsp3) is 0.375. The Balaban J connectivity index is 1.45. The molecule has 7 heteroatoms. The third kappa shape index (κ3) is 5.15. The van der Waals surface area contributed by atoms with Crippen molar-refractivity contribution >= 4 is 38.8 Å². The van der Waals surface area contributed by atoms with E-state index in [0.717, 1.165) is 47.3 Å². The lowest BCUT2D eigenvalue weighted by atomic mass is 9.99. The molecule has 31 heavy (non-hydrogen) atoms. The van der Waals surface area contributed by atoms with Crippen molar-refractivity contribution in [3.8, 4) is 0 Å². The SMILES string of the molecule is CC1CCN(C(=O)Cn2c(CCNC(=O)c3ccc(Br)cc3)nc3ccccc32)CC1. The first-order valence-corrected chi connectivity index (χ1v) is 11.6. The van der Waals surface area contributed by atoms with Crippen molar-refractivity contribution in [2.24, 2.45) is 5.92 Å². The standard InChI is InChI=1S/C24H27BrN4O2/c1-17-11-14-28(15-12-17)23(30)16-29-21-5-3-2-4-20(21)27-22(29)10-13-26-24(31)18-6-8-19(25)9-7-18/h2-9,17H,10-16H2,1H3,(H,26,31). The highest BCUT2D eigenvalue weighted by atomic mass is 79.9. The molecule has 1 aliphatic rings. The maximum Gasteiger partial charge on any atom is 0.251 e. The molecule has 0 unspecified atom stereocenters. The van der Waals surface area contributed by atoms with Crippen LogP contribution in [0.25, 0.3) is 11.0 Å². The Morgan fingerprint density at radius 2 is 1.81 bits per heavy atom. The van der Waals surface area contributed by atoms with E-state index in [1.165, 1.54) is 0 Å². The van der Waals surface area contributed by atoms with E-state index in [4.69, 9.17) is 4.98 Å². The van der Waals surface area contributed by atoms with E-state index in [1.807, 2.05) is 45.9 Å². The topological polar surface area (TPSA) is 67.2 Å². The summed E-state index contributed by atoms with van der Waals surface area (Å²) in [5.41, 5.74) is 2.44. The summed E-state index contributed by atoms with van der Waals surface area (Å²) < 4.78 is 2.94. The quantitative estimate of drug-likeness (QED) is 0.576. The smallest absolute Gasteiger partial charge is 0.251 e. The molecule has 2 amide bonds. The van der Waals surface area contributed by atoms with E-state index in [1.54, 1.807) is 12.1 Å². The Bertz CT molecular complexity index is 1070. The second kappa shape index (κ2) is 9.64. The number of likely N-dealkylation sites (tertiary alicyclic amines) is 1. The van der Waals surface area contributed by atoms with Crippen LogP contribution in [-0.4, -0.2) is 45.9 Å². The number of carbonyl (C=O) groups excluding carboxylic acids is 2. The molecular formula is C24H27BrN4O2. The molecule has 1 saturated heterocycles. The van der Waals surface area contributed by atoms with Crippen molar-refractivity contribution in [1.82, 2.24) is 19.8 Å². The van der Waals surface area contributed by atoms with Crippen molar-refractivity contribution in [3.63, 3.8) is 0 Å². The van der Waals surface area contributed by atoms with Gasteiger partial charge in [-0.05, 0) is 55.2 Å². The summed E-state index contributed by atoms with van der Waals surface area (Å²) in [4.78, 5) is 32.1. The monoisotopic (exact) mass is 482 g/mol. The van der Waals surface area contributed by atoms with Gasteiger partial charge in [-0.3, -0.25) is 9.59 Å². The Kier molecular flexibility index (Phi) is 6.70. The predicted octanol–water partition coefficient (Wildman–Crippen LogP) is 4.03. The minimum absolute atomic E-state index is 0.117. The summed E-state index contributed by atoms with van der Waals surface area (Å²) in [5.74, 6) is 1.52. The first-order valence-electron chi connectivity index (χ1n) is 10.8. The molecule has 1 aromatic heterocycles. The number of amides is 2. The number of hydrogen-bond acceptors (Lipinski definition) is 3. The van der Waals surface area contributed by atoms with Crippen molar-refractivity contribution in [3.05, 3.63) is 64.4 Å². The van der Waals surface area contributed by atoms with Crippen LogP contribution in [0.1, 0.15) is 35.9 Å². The third-order valence-corrected chi connectivity index (χ3v) is 6.43. The van der Waals surface area contributed by atoms with Crippen LogP contribution in [0.4, 0.5) is 0 Å². The Labute approximate surface area is 190 Å². The largest absolute Gasteiger partial charge is 0.352 e. The average Bonchev–Trinajstić information content (AvgIpc) is 3.12. The summed E-state index contributed by atoms with van der Waals surface area (Å²) in [6.07, 6.45) is 2.68. The van der Waals surface area contributed by atoms with Crippen LogP contribution in [0.5, 0.6) is 0 Å². The summed E-state index contributed by atoms with van der Waals surface area (Å²) in [5, 5.41) is 2.96. The fourth-order valence-electron chi connectivity index (χ4n) is 3.98. The molecule has 0 bridgehead atoms. The summed E-state index contributed by atoms with van der Waals surface area (Å²) in [7, 11) is 0. The van der Waals surface area contributed by atoms with Crippen molar-refractivity contribution in [2.45, 2.75) is 32.7 Å². The molecule has 2 heterocycles. The second-order valence-corrected chi connectivity index (χ2v) is 9.09. The molecule has 1 fully saturated rings. The lowest BCUT2D eigenvalue weighted by molar-refractivity contribution is -0.133. The highest BCUT2D eigenvalue weighted by molar-refractivity contribution is 9.10. The molecule has 1 aliphatic heterocycles. The number of halogens is 1. The number of aromatic nitrogens is 2. The van der Waals surface area contributed by atoms with Crippen LogP contribution in [0.3, 0.4) is 0 Å². The molecule has 6 nitrogen and oxygen atoms in total. The van der Waals surface area contributed by atoms with E-state index in [2.05, 4.69) is 28.2 Å². The molecule has 0 aliphatic carbocycles. The molecule has 0 spiro atoms. The molecule has 3 aromatic rings. The van der Waals surface area contributed by atoms with E-state index < -0.39 is 0 Å². The number of carbonyl (C=O) groups is 2. The van der Waals surface area contributed by atoms with Crippen molar-refractivity contribution in [1.29, 1.82) is 0 Å². The third-order valence-electron chi connectivity index (χ3n) is 5.90. The Morgan fingerprint density at radius 3 is 2.55 bits per heavy atom. The van der Waals surface area contributed by atoms with Crippen LogP contribution in [-0.2, 0) is 17.8 Å². The minimum Gasteiger partial charge on any atom is -0.352 e. The lowest BCUT2D eigenvalue weighted by Crippen LogP contribution is -2.40. The van der Waals surface area contributed by atoms with Gasteiger partial charge in [-0.25, -0.2) is 4.98 Å². The Hall–Kier alpha value is -2.67. The normalized spacial score (nSPS) is 14.7. The van der Waals surface area contributed by atoms with E-state index in [9.17, 15) is 9.59 Å². The number of para-hydroxylation sites is 2. The Morgan fingerprint density at radius 1 is 1.10 bits per heavy atom. The highest BCUT2D eigenvalue weighted by Crippen LogP contribution is 2.20. The van der Waals surface area contributed by atoms with E-state index >= 15 is 0 Å². The first-order chi connectivity index (χ1) is 15.0. The number of fused-ring (bicyclic) bond motifs is 1. The molecule has 0 atom stereocenters. The van der Waals surface area contributed by atoms with E-state index in [0.29, 0.717) is 24.4 Å². The highest BCUT2D eigenvalue weighted by Gasteiger charge is 2.22. The maximum absolute atomic E-state index is 13.0. The van der Waals surface area contributed by atoms with Gasteiger partial charge < -0.3 is 14.8 Å². The van der Waals surface area contributed by atoms with Gasteiger partial charge in [0.05, 0.1) is 11.0 Å². The predicted molar refractivity (Wildman–Crippen MR) is 125 cm³/mol. The number of nitrogens with zero attached hydrogens (tertiary/aromatic N) is 3. The molecule has 4 rings (SSSR count). The summed E-state index contributed by atoms with van der Waals surface area (Å²) in [6, 6.07) is 15.1. The van der Waals surface area contributed by atoms with Gasteiger partial charge >= 0.3 is 0 Å². The van der Waals surface area contributed by atoms with Gasteiger partial charge in [0.1, 0.15) is 12.4 Å². The van der Waals surface area contributed by atoms with Gasteiger partial charge in [0.15, 0.2) is 0 Å². The number of benzene rings is 2. The fourth-order valence-corrected chi connectivity index (χ4v) is 4.24. The number of hydrogen-bond donors (Lipinski definition) is 1. The summed E-state index contributed by atoms with van der Waals surface area (Å²) in [6.45, 7) is 4.63. The van der Waals surface area contributed by atoms with E-state index in [-0.39, 0.29) is 18.4 Å². The molecule has 0 saturated carbocycles. The minimum atomic E-state index is -0.117. The van der Waals surface area contributed by atoms with Crippen LogP contribution >= 0.6 is 15.9 Å². The van der Waals surface area contributed by atoms with Gasteiger partial charge in [-0.2, -0.15) is 0 Å². The zero-order valence-electron chi connectivity index (χ0n) is 17.7. The zero-order chi connectivity index (χ0) is 21.8. The van der Waals surface area contributed by atoms with Gasteiger partial charge in [-0.15, -0.1) is 0 Å². The van der Waals surface area contributed by atoms with Gasteiger partial charge in [0, 0.05) is 36.1 Å². The number of nitrogens with one attached hydrogen (secondary N) is 1. The average molecular weight is 483 g/mol. The summed E-state index contributed by atoms with van der Waals surface area (Å²) >= 11 is 3.38. The van der Waals surface area contributed by atoms with Crippen LogP contribution < -0.4 is 5.32 Å². The van der Waals surface area contributed by atoms with Crippen LogP contribution in [0.15, 0.2) is 53.0 Å². The van der Waals surface area contributed by atoms with Gasteiger partial charge in [0.25, 0.3) is 5.91 Å². The molecule has 1 N–H and O–H groups in total. The molecular weight excluding hydrogens is 456 g/mol.